The number of benzene rings is 2. The Balaban J connectivity index is 0.00000193. The molecule has 0 amide bonds. The van der Waals surface area contributed by atoms with E-state index >= 15 is 0 Å². The first-order valence-electron chi connectivity index (χ1n) is 11.6. The molecule has 4 rings (SSSR count). The summed E-state index contributed by atoms with van der Waals surface area (Å²) in [6.45, 7) is 5.64. The van der Waals surface area contributed by atoms with E-state index in [0.29, 0.717) is 17.4 Å². The largest absolute Gasteiger partial charge is 0.487 e. The van der Waals surface area contributed by atoms with Crippen LogP contribution in [0.3, 0.4) is 0 Å². The molecular weight excluding hydrogens is 479 g/mol. The van der Waals surface area contributed by atoms with Crippen LogP contribution in [-0.4, -0.2) is 60.3 Å². The van der Waals surface area contributed by atoms with Gasteiger partial charge in [0.1, 0.15) is 12.4 Å². The average Bonchev–Trinajstić information content (AvgIpc) is 2.79. The van der Waals surface area contributed by atoms with Gasteiger partial charge in [-0.25, -0.2) is 0 Å². The van der Waals surface area contributed by atoms with Crippen molar-refractivity contribution in [1.29, 1.82) is 0 Å². The number of rotatable bonds is 7. The molecule has 0 aromatic heterocycles. The highest BCUT2D eigenvalue weighted by Crippen LogP contribution is 2.42. The molecule has 1 unspecified atom stereocenters. The van der Waals surface area contributed by atoms with Crippen molar-refractivity contribution in [3.8, 4) is 5.75 Å². The molecule has 1 aliphatic carbocycles. The lowest BCUT2D eigenvalue weighted by Gasteiger charge is -2.43. The number of nitrogens with zero attached hydrogens (tertiary/aromatic N) is 2. The summed E-state index contributed by atoms with van der Waals surface area (Å²) < 4.78 is 5.98. The molecule has 0 radical (unpaired) electrons. The maximum atomic E-state index is 11.7. The second-order valence-electron chi connectivity index (χ2n) is 9.28. The van der Waals surface area contributed by atoms with Gasteiger partial charge in [0.15, 0.2) is 0 Å². The molecule has 7 heteroatoms. The number of aliphatic hydroxyl groups is 1. The zero-order valence-corrected chi connectivity index (χ0v) is 21.8. The van der Waals surface area contributed by atoms with Gasteiger partial charge in [0, 0.05) is 38.6 Å². The van der Waals surface area contributed by atoms with Crippen molar-refractivity contribution in [3.05, 3.63) is 64.7 Å². The fraction of sp³-hybridized carbons (Fsp3) is 0.538. The van der Waals surface area contributed by atoms with E-state index in [2.05, 4.69) is 22.9 Å². The number of hydrogen-bond donors (Lipinski definition) is 1. The van der Waals surface area contributed by atoms with E-state index in [4.69, 9.17) is 16.3 Å². The van der Waals surface area contributed by atoms with Gasteiger partial charge in [-0.1, -0.05) is 67.3 Å². The normalized spacial score (nSPS) is 19.7. The highest BCUT2D eigenvalue weighted by molar-refractivity contribution is 6.32. The van der Waals surface area contributed by atoms with Crippen LogP contribution in [0.15, 0.2) is 48.5 Å². The Morgan fingerprint density at radius 1 is 0.970 bits per heavy atom. The molecule has 1 heterocycles. The summed E-state index contributed by atoms with van der Waals surface area (Å²) in [5.41, 5.74) is 1.59. The van der Waals surface area contributed by atoms with Crippen molar-refractivity contribution in [2.24, 2.45) is 0 Å². The Labute approximate surface area is 216 Å². The third-order valence-corrected chi connectivity index (χ3v) is 7.30. The molecule has 1 N–H and O–H groups in total. The molecule has 0 bridgehead atoms. The van der Waals surface area contributed by atoms with Gasteiger partial charge in [0.05, 0.1) is 10.6 Å². The zero-order valence-electron chi connectivity index (χ0n) is 19.4. The quantitative estimate of drug-likeness (QED) is 0.506. The van der Waals surface area contributed by atoms with Crippen LogP contribution >= 0.6 is 36.4 Å². The summed E-state index contributed by atoms with van der Waals surface area (Å²) in [6, 6.07) is 16.2. The molecule has 0 spiro atoms. The van der Waals surface area contributed by atoms with E-state index in [1.54, 1.807) is 0 Å². The molecule has 1 saturated carbocycles. The minimum absolute atomic E-state index is 0. The maximum Gasteiger partial charge on any atom is 0.138 e. The van der Waals surface area contributed by atoms with E-state index in [-0.39, 0.29) is 30.7 Å². The minimum atomic E-state index is -0.655. The number of piperazine rings is 1. The summed E-state index contributed by atoms with van der Waals surface area (Å²) in [5, 5.41) is 12.3. The third-order valence-electron chi connectivity index (χ3n) is 7.00. The lowest BCUT2D eigenvalue weighted by molar-refractivity contribution is -0.0337. The lowest BCUT2D eigenvalue weighted by atomic mass is 9.72. The van der Waals surface area contributed by atoms with E-state index in [1.807, 2.05) is 42.5 Å². The van der Waals surface area contributed by atoms with Crippen molar-refractivity contribution >= 4 is 36.4 Å². The Bertz CT molecular complexity index is 839. The van der Waals surface area contributed by atoms with Gasteiger partial charge < -0.3 is 19.6 Å². The average molecular weight is 516 g/mol. The van der Waals surface area contributed by atoms with Gasteiger partial charge in [-0.2, -0.15) is 0 Å². The second kappa shape index (κ2) is 13.2. The van der Waals surface area contributed by atoms with E-state index in [1.165, 1.54) is 6.42 Å². The van der Waals surface area contributed by atoms with E-state index < -0.39 is 5.60 Å². The first kappa shape index (κ1) is 28.2. The van der Waals surface area contributed by atoms with Gasteiger partial charge in [0.25, 0.3) is 0 Å². The molecule has 2 aromatic rings. The van der Waals surface area contributed by atoms with Crippen molar-refractivity contribution in [2.45, 2.75) is 50.2 Å². The molecule has 1 saturated heterocycles. The van der Waals surface area contributed by atoms with Crippen molar-refractivity contribution in [2.75, 3.05) is 39.8 Å². The Kier molecular flexibility index (Phi) is 11.3. The Morgan fingerprint density at radius 3 is 2.27 bits per heavy atom. The van der Waals surface area contributed by atoms with E-state index in [0.717, 1.165) is 69.5 Å². The van der Waals surface area contributed by atoms with Crippen molar-refractivity contribution in [1.82, 2.24) is 9.80 Å². The number of halogens is 3. The van der Waals surface area contributed by atoms with Crippen LogP contribution in [0.1, 0.15) is 49.1 Å². The fourth-order valence-corrected chi connectivity index (χ4v) is 5.22. The third kappa shape index (κ3) is 7.48. The lowest BCUT2D eigenvalue weighted by Crippen LogP contribution is -2.50. The molecule has 4 nitrogen and oxygen atoms in total. The Morgan fingerprint density at radius 2 is 1.64 bits per heavy atom. The van der Waals surface area contributed by atoms with Crippen LogP contribution in [0, 0.1) is 0 Å². The molecule has 1 aliphatic heterocycles. The molecule has 1 atom stereocenters. The van der Waals surface area contributed by atoms with Crippen LogP contribution < -0.4 is 4.74 Å². The summed E-state index contributed by atoms with van der Waals surface area (Å²) in [5.74, 6) is 0.764. The highest BCUT2D eigenvalue weighted by atomic mass is 35.5. The standard InChI is InChI=1S/C26H35ClN2O2.2ClH/c1-28-14-16-29(17-15-28)19-23(26(30)12-6-3-7-13-26)22-10-11-25(24(27)18-22)31-20-21-8-4-2-5-9-21;;/h2,4-5,8-11,18,23,30H,3,6-7,12-17,19-20H2,1H3;2*1H. The molecule has 184 valence electrons. The fourth-order valence-electron chi connectivity index (χ4n) is 4.97. The van der Waals surface area contributed by atoms with Crippen molar-refractivity contribution in [3.63, 3.8) is 0 Å². The molecule has 2 fully saturated rings. The molecule has 2 aliphatic rings. The molecule has 33 heavy (non-hydrogen) atoms. The summed E-state index contributed by atoms with van der Waals surface area (Å²) in [6.07, 6.45) is 5.16. The summed E-state index contributed by atoms with van der Waals surface area (Å²) >= 11 is 6.66. The minimum Gasteiger partial charge on any atom is -0.487 e. The van der Waals surface area contributed by atoms with Crippen LogP contribution in [0.25, 0.3) is 0 Å². The number of hydrogen-bond acceptors (Lipinski definition) is 4. The number of ether oxygens (including phenoxy) is 1. The maximum absolute atomic E-state index is 11.7. The van der Waals surface area contributed by atoms with Gasteiger partial charge in [0.2, 0.25) is 0 Å². The monoisotopic (exact) mass is 514 g/mol. The molecule has 2 aromatic carbocycles. The van der Waals surface area contributed by atoms with Gasteiger partial charge in [-0.3, -0.25) is 0 Å². The summed E-state index contributed by atoms with van der Waals surface area (Å²) in [7, 11) is 2.18. The summed E-state index contributed by atoms with van der Waals surface area (Å²) in [4.78, 5) is 4.88. The van der Waals surface area contributed by atoms with Crippen molar-refractivity contribution < 1.29 is 9.84 Å². The van der Waals surface area contributed by atoms with Gasteiger partial charge >= 0.3 is 0 Å². The molecular formula is C26H37Cl3N2O2. The zero-order chi connectivity index (χ0) is 21.7. The SMILES string of the molecule is CN1CCN(CC(c2ccc(OCc3ccccc3)c(Cl)c2)C2(O)CCCCC2)CC1.Cl.Cl. The van der Waals surface area contributed by atoms with Gasteiger partial charge in [-0.05, 0) is 43.1 Å². The van der Waals surface area contributed by atoms with Gasteiger partial charge in [-0.15, -0.1) is 24.8 Å². The predicted molar refractivity (Wildman–Crippen MR) is 141 cm³/mol. The number of likely N-dealkylation sites (N-methyl/N-ethyl adjacent to an activating group) is 1. The topological polar surface area (TPSA) is 35.9 Å². The van der Waals surface area contributed by atoms with E-state index in [9.17, 15) is 5.11 Å². The van der Waals surface area contributed by atoms with Crippen LogP contribution in [-0.2, 0) is 6.61 Å². The highest BCUT2D eigenvalue weighted by Gasteiger charge is 2.40. The van der Waals surface area contributed by atoms with Crippen LogP contribution in [0.4, 0.5) is 0 Å². The first-order valence-corrected chi connectivity index (χ1v) is 12.0. The van der Waals surface area contributed by atoms with Crippen LogP contribution in [0.2, 0.25) is 5.02 Å². The first-order chi connectivity index (χ1) is 15.0. The smallest absolute Gasteiger partial charge is 0.138 e. The second-order valence-corrected chi connectivity index (χ2v) is 9.69. The predicted octanol–water partition coefficient (Wildman–Crippen LogP) is 5.79. The Hall–Kier alpha value is -1.01. The van der Waals surface area contributed by atoms with Crippen LogP contribution in [0.5, 0.6) is 5.75 Å².